The molecule has 8 nitrogen and oxygen atoms in total. The van der Waals surface area contributed by atoms with Gasteiger partial charge in [-0.2, -0.15) is 0 Å². The number of anilines is 1. The summed E-state index contributed by atoms with van der Waals surface area (Å²) in [6.07, 6.45) is 1.50. The Balaban J connectivity index is 1.69. The molecule has 1 fully saturated rings. The second kappa shape index (κ2) is 9.42. The van der Waals surface area contributed by atoms with Gasteiger partial charge in [0.2, 0.25) is 0 Å². The number of aryl methyl sites for hydroxylation is 2. The third-order valence-corrected chi connectivity index (χ3v) is 5.80. The summed E-state index contributed by atoms with van der Waals surface area (Å²) in [6, 6.07) is 15.0. The van der Waals surface area contributed by atoms with Crippen LogP contribution in [0.3, 0.4) is 0 Å². The van der Waals surface area contributed by atoms with Crippen molar-refractivity contribution in [3.63, 3.8) is 0 Å². The Morgan fingerprint density at radius 1 is 0.943 bits per heavy atom. The summed E-state index contributed by atoms with van der Waals surface area (Å²) < 4.78 is 6.99. The summed E-state index contributed by atoms with van der Waals surface area (Å²) in [5.74, 6) is -1.82. The summed E-state index contributed by atoms with van der Waals surface area (Å²) in [5, 5.41) is 2.25. The summed E-state index contributed by atoms with van der Waals surface area (Å²) in [4.78, 5) is 51.1. The van der Waals surface area contributed by atoms with Gasteiger partial charge >= 0.3 is 12.0 Å². The van der Waals surface area contributed by atoms with E-state index in [1.165, 1.54) is 6.08 Å². The zero-order chi connectivity index (χ0) is 25.3. The van der Waals surface area contributed by atoms with Crippen molar-refractivity contribution in [3.8, 4) is 5.69 Å². The Labute approximate surface area is 202 Å². The number of barbiturate groups is 1. The minimum Gasteiger partial charge on any atom is -0.462 e. The van der Waals surface area contributed by atoms with Crippen molar-refractivity contribution in [1.29, 1.82) is 0 Å². The first kappa shape index (κ1) is 23.7. The van der Waals surface area contributed by atoms with E-state index in [2.05, 4.69) is 5.32 Å². The number of imide groups is 2. The van der Waals surface area contributed by atoms with Crippen molar-refractivity contribution in [2.24, 2.45) is 0 Å². The zero-order valence-electron chi connectivity index (χ0n) is 19.9. The smallest absolute Gasteiger partial charge is 0.338 e. The summed E-state index contributed by atoms with van der Waals surface area (Å²) in [5.41, 5.74) is 4.81. The number of aromatic nitrogens is 1. The highest BCUT2D eigenvalue weighted by Crippen LogP contribution is 2.26. The molecule has 0 bridgehead atoms. The van der Waals surface area contributed by atoms with Crippen molar-refractivity contribution in [3.05, 3.63) is 88.2 Å². The molecular formula is C27H25N3O5. The van der Waals surface area contributed by atoms with E-state index in [0.29, 0.717) is 23.4 Å². The standard InChI is InChI=1S/C27H25N3O5/c1-5-35-26(33)19-8-12-21(13-9-19)29-17(3)14-20(18(29)4)15-23-24(31)28-27(34)30(25(23)32)22-10-6-16(2)7-11-22/h6-15H,5H2,1-4H3,(H,28,31,34)/b23-15+. The first-order chi connectivity index (χ1) is 16.7. The molecule has 0 spiro atoms. The van der Waals surface area contributed by atoms with E-state index in [0.717, 1.165) is 27.5 Å². The number of nitrogens with one attached hydrogen (secondary N) is 1. The van der Waals surface area contributed by atoms with Gasteiger partial charge in [0.1, 0.15) is 5.57 Å². The molecule has 178 valence electrons. The lowest BCUT2D eigenvalue weighted by Gasteiger charge is -2.26. The fraction of sp³-hybridized carbons (Fsp3) is 0.185. The molecule has 2 heterocycles. The van der Waals surface area contributed by atoms with E-state index < -0.39 is 17.8 Å². The molecule has 2 aromatic carbocycles. The maximum absolute atomic E-state index is 13.2. The lowest BCUT2D eigenvalue weighted by atomic mass is 10.1. The number of benzene rings is 2. The molecule has 4 amide bonds. The average molecular weight is 472 g/mol. The van der Waals surface area contributed by atoms with Gasteiger partial charge < -0.3 is 9.30 Å². The summed E-state index contributed by atoms with van der Waals surface area (Å²) in [7, 11) is 0. The van der Waals surface area contributed by atoms with Crippen LogP contribution in [0.1, 0.15) is 39.8 Å². The van der Waals surface area contributed by atoms with Crippen LogP contribution in [0.2, 0.25) is 0 Å². The third kappa shape index (κ3) is 4.50. The number of amides is 4. The van der Waals surface area contributed by atoms with E-state index in [9.17, 15) is 19.2 Å². The molecule has 1 aliphatic heterocycles. The molecule has 4 rings (SSSR count). The van der Waals surface area contributed by atoms with E-state index in [1.807, 2.05) is 31.4 Å². The van der Waals surface area contributed by atoms with E-state index >= 15 is 0 Å². The monoisotopic (exact) mass is 471 g/mol. The Morgan fingerprint density at radius 3 is 2.20 bits per heavy atom. The van der Waals surface area contributed by atoms with Gasteiger partial charge in [-0.1, -0.05) is 17.7 Å². The Morgan fingerprint density at radius 2 is 1.57 bits per heavy atom. The van der Waals surface area contributed by atoms with Gasteiger partial charge in [0, 0.05) is 17.1 Å². The van der Waals surface area contributed by atoms with Gasteiger partial charge in [0.25, 0.3) is 11.8 Å². The number of carbonyl (C=O) groups excluding carboxylic acids is 4. The molecule has 1 saturated heterocycles. The Kier molecular flexibility index (Phi) is 6.38. The maximum atomic E-state index is 13.2. The number of urea groups is 1. The molecular weight excluding hydrogens is 446 g/mol. The van der Waals surface area contributed by atoms with Gasteiger partial charge in [0.15, 0.2) is 0 Å². The minimum absolute atomic E-state index is 0.136. The zero-order valence-corrected chi connectivity index (χ0v) is 19.9. The predicted molar refractivity (Wildman–Crippen MR) is 131 cm³/mol. The molecule has 1 N–H and O–H groups in total. The molecule has 1 aliphatic rings. The van der Waals surface area contributed by atoms with Crippen LogP contribution in [0.25, 0.3) is 11.8 Å². The second-order valence-electron chi connectivity index (χ2n) is 8.22. The largest absolute Gasteiger partial charge is 0.462 e. The number of hydrogen-bond acceptors (Lipinski definition) is 5. The fourth-order valence-corrected chi connectivity index (χ4v) is 4.03. The van der Waals surface area contributed by atoms with Crippen molar-refractivity contribution in [1.82, 2.24) is 9.88 Å². The molecule has 0 atom stereocenters. The van der Waals surface area contributed by atoms with Crippen LogP contribution in [-0.2, 0) is 14.3 Å². The molecule has 1 aromatic heterocycles. The molecule has 3 aromatic rings. The number of esters is 1. The van der Waals surface area contributed by atoms with Crippen LogP contribution in [-0.4, -0.2) is 35.0 Å². The Bertz CT molecular complexity index is 1370. The molecule has 0 radical (unpaired) electrons. The lowest BCUT2D eigenvalue weighted by Crippen LogP contribution is -2.54. The van der Waals surface area contributed by atoms with Crippen LogP contribution < -0.4 is 10.2 Å². The normalized spacial score (nSPS) is 14.9. The van der Waals surface area contributed by atoms with Crippen LogP contribution >= 0.6 is 0 Å². The van der Waals surface area contributed by atoms with Gasteiger partial charge in [-0.3, -0.25) is 14.9 Å². The average Bonchev–Trinajstić information content (AvgIpc) is 3.10. The van der Waals surface area contributed by atoms with E-state index in [4.69, 9.17) is 4.74 Å². The lowest BCUT2D eigenvalue weighted by molar-refractivity contribution is -0.122. The molecule has 8 heteroatoms. The minimum atomic E-state index is -0.784. The van der Waals surface area contributed by atoms with Crippen molar-refractivity contribution >= 4 is 35.6 Å². The van der Waals surface area contributed by atoms with Crippen LogP contribution in [0.4, 0.5) is 10.5 Å². The van der Waals surface area contributed by atoms with Crippen molar-refractivity contribution < 1.29 is 23.9 Å². The first-order valence-electron chi connectivity index (χ1n) is 11.2. The Hall–Kier alpha value is -4.46. The summed E-state index contributed by atoms with van der Waals surface area (Å²) >= 11 is 0. The molecule has 0 saturated carbocycles. The number of nitrogens with zero attached hydrogens (tertiary/aromatic N) is 2. The number of carbonyl (C=O) groups is 4. The van der Waals surface area contributed by atoms with Gasteiger partial charge in [0.05, 0.1) is 17.9 Å². The number of ether oxygens (including phenoxy) is 1. The molecule has 35 heavy (non-hydrogen) atoms. The summed E-state index contributed by atoms with van der Waals surface area (Å²) in [6.45, 7) is 7.72. The highest BCUT2D eigenvalue weighted by Gasteiger charge is 2.37. The SMILES string of the molecule is CCOC(=O)c1ccc(-n2c(C)cc(/C=C3\C(=O)NC(=O)N(c4ccc(C)cc4)C3=O)c2C)cc1. The topological polar surface area (TPSA) is 97.7 Å². The van der Waals surface area contributed by atoms with Gasteiger partial charge in [-0.15, -0.1) is 0 Å². The van der Waals surface area contributed by atoms with Crippen LogP contribution in [0.5, 0.6) is 0 Å². The van der Waals surface area contributed by atoms with E-state index in [1.54, 1.807) is 55.5 Å². The maximum Gasteiger partial charge on any atom is 0.338 e. The number of hydrogen-bond donors (Lipinski definition) is 1. The van der Waals surface area contributed by atoms with Gasteiger partial charge in [-0.25, -0.2) is 14.5 Å². The predicted octanol–water partition coefficient (Wildman–Crippen LogP) is 4.25. The van der Waals surface area contributed by atoms with Gasteiger partial charge in [-0.05, 0) is 81.8 Å². The van der Waals surface area contributed by atoms with Crippen molar-refractivity contribution in [2.75, 3.05) is 11.5 Å². The molecule has 0 unspecified atom stereocenters. The van der Waals surface area contributed by atoms with Crippen LogP contribution in [0.15, 0.2) is 60.2 Å². The molecule has 0 aliphatic carbocycles. The van der Waals surface area contributed by atoms with E-state index in [-0.39, 0.29) is 11.5 Å². The third-order valence-electron chi connectivity index (χ3n) is 5.80. The number of rotatable bonds is 5. The quantitative estimate of drug-likeness (QED) is 0.341. The fourth-order valence-electron chi connectivity index (χ4n) is 4.03. The van der Waals surface area contributed by atoms with Crippen molar-refractivity contribution in [2.45, 2.75) is 27.7 Å². The first-order valence-corrected chi connectivity index (χ1v) is 11.2. The van der Waals surface area contributed by atoms with Crippen LogP contribution in [0, 0.1) is 20.8 Å². The highest BCUT2D eigenvalue weighted by atomic mass is 16.5. The highest BCUT2D eigenvalue weighted by molar-refractivity contribution is 6.39. The second-order valence-corrected chi connectivity index (χ2v) is 8.22.